The highest BCUT2D eigenvalue weighted by Gasteiger charge is 2.17. The minimum absolute atomic E-state index is 0.0819. The Hall–Kier alpha value is -3.31. The van der Waals surface area contributed by atoms with E-state index in [2.05, 4.69) is 15.3 Å². The second kappa shape index (κ2) is 10.5. The number of ether oxygens (including phenoxy) is 2. The Kier molecular flexibility index (Phi) is 7.91. The number of rotatable bonds is 9. The summed E-state index contributed by atoms with van der Waals surface area (Å²) in [5.41, 5.74) is 0.272. The minimum atomic E-state index is -4.29. The average Bonchev–Trinajstić information content (AvgIpc) is 2.73. The molecule has 0 saturated heterocycles. The quantitative estimate of drug-likeness (QED) is 0.355. The summed E-state index contributed by atoms with van der Waals surface area (Å²) in [4.78, 5) is 38.9. The highest BCUT2D eigenvalue weighted by molar-refractivity contribution is 7.90. The molecule has 35 heavy (non-hydrogen) atoms. The van der Waals surface area contributed by atoms with Crippen molar-refractivity contribution >= 4 is 29.2 Å². The van der Waals surface area contributed by atoms with Crippen LogP contribution in [0.15, 0.2) is 59.8 Å². The van der Waals surface area contributed by atoms with Gasteiger partial charge in [0, 0.05) is 17.9 Å². The second-order valence-corrected chi connectivity index (χ2v) is 11.5. The lowest BCUT2D eigenvalue weighted by Gasteiger charge is -2.14. The third-order valence-electron chi connectivity index (χ3n) is 4.32. The molecule has 11 nitrogen and oxygen atoms in total. The summed E-state index contributed by atoms with van der Waals surface area (Å²) >= 11 is 0. The van der Waals surface area contributed by atoms with E-state index < -0.39 is 29.5 Å². The molecular weight excluding hydrogens is 497 g/mol. The number of aromatic nitrogens is 2. The molecule has 1 aromatic heterocycles. The van der Waals surface area contributed by atoms with Crippen molar-refractivity contribution in [3.63, 3.8) is 0 Å². The Labute approximate surface area is 202 Å². The monoisotopic (exact) mass is 521 g/mol. The van der Waals surface area contributed by atoms with Gasteiger partial charge in [-0.15, -0.1) is 0 Å². The number of carbonyl (C=O) groups excluding carboxylic acids is 1. The van der Waals surface area contributed by atoms with Crippen LogP contribution in [-0.2, 0) is 20.6 Å². The zero-order valence-electron chi connectivity index (χ0n) is 19.1. The fourth-order valence-electron chi connectivity index (χ4n) is 2.89. The summed E-state index contributed by atoms with van der Waals surface area (Å²) in [6.07, 6.45) is 2.73. The van der Waals surface area contributed by atoms with Crippen molar-refractivity contribution in [2.24, 2.45) is 0 Å². The van der Waals surface area contributed by atoms with Crippen molar-refractivity contribution in [2.75, 3.05) is 11.6 Å². The first-order chi connectivity index (χ1) is 16.3. The van der Waals surface area contributed by atoms with Gasteiger partial charge in [-0.05, 0) is 50.2 Å². The first-order valence-electron chi connectivity index (χ1n) is 10.2. The van der Waals surface area contributed by atoms with Gasteiger partial charge in [-0.1, -0.05) is 0 Å². The number of carbonyl (C=O) groups is 1. The molecule has 3 N–H and O–H groups in total. The first kappa shape index (κ1) is 26.3. The Morgan fingerprint density at radius 2 is 1.69 bits per heavy atom. The van der Waals surface area contributed by atoms with E-state index in [0.29, 0.717) is 11.5 Å². The third kappa shape index (κ3) is 8.15. The lowest BCUT2D eigenvalue weighted by atomic mass is 10.2. The van der Waals surface area contributed by atoms with E-state index in [1.807, 2.05) is 13.8 Å². The molecule has 13 heteroatoms. The third-order valence-corrected chi connectivity index (χ3v) is 6.18. The Morgan fingerprint density at radius 1 is 1.03 bits per heavy atom. The lowest BCUT2D eigenvalue weighted by molar-refractivity contribution is 0.102. The summed E-state index contributed by atoms with van der Waals surface area (Å²) in [6.45, 7) is 3.65. The smallest absolute Gasteiger partial charge is 0.331 e. The number of sulfone groups is 1. The zero-order chi connectivity index (χ0) is 25.8. The van der Waals surface area contributed by atoms with Gasteiger partial charge in [-0.25, -0.2) is 13.4 Å². The Morgan fingerprint density at radius 3 is 2.23 bits per heavy atom. The van der Waals surface area contributed by atoms with Crippen LogP contribution in [0.2, 0.25) is 0 Å². The molecule has 0 atom stereocenters. The maximum atomic E-state index is 12.8. The fourth-order valence-corrected chi connectivity index (χ4v) is 4.11. The van der Waals surface area contributed by atoms with Crippen LogP contribution in [0.5, 0.6) is 17.2 Å². The maximum Gasteiger partial charge on any atom is 0.331 e. The summed E-state index contributed by atoms with van der Waals surface area (Å²) in [6, 6.07) is 10.4. The van der Waals surface area contributed by atoms with Crippen molar-refractivity contribution < 1.29 is 37.0 Å². The largest absolute Gasteiger partial charge is 0.491 e. The van der Waals surface area contributed by atoms with E-state index in [1.54, 1.807) is 6.07 Å². The Bertz CT molecular complexity index is 1350. The molecule has 0 saturated carbocycles. The van der Waals surface area contributed by atoms with Crippen molar-refractivity contribution in [3.05, 3.63) is 66.1 Å². The van der Waals surface area contributed by atoms with Crippen molar-refractivity contribution in [1.29, 1.82) is 0 Å². The summed E-state index contributed by atoms with van der Waals surface area (Å²) < 4.78 is 45.9. The molecule has 3 rings (SSSR count). The van der Waals surface area contributed by atoms with Crippen LogP contribution in [0.3, 0.4) is 0 Å². The summed E-state index contributed by atoms with van der Waals surface area (Å²) in [5, 5.41) is 2.56. The number of nitrogens with one attached hydrogen (secondary N) is 1. The SMILES string of the molecule is CC(C)Oc1cc(Oc2ccc(S(C)(=O)=O)cc2)cc(C(=O)Nc2cnc(CP(=O)(O)O)cn2)c1. The molecule has 0 unspecified atom stereocenters. The molecule has 3 aromatic rings. The molecule has 186 valence electrons. The van der Waals surface area contributed by atoms with E-state index in [0.717, 1.165) is 6.26 Å². The minimum Gasteiger partial charge on any atom is -0.491 e. The van der Waals surface area contributed by atoms with Crippen molar-refractivity contribution in [2.45, 2.75) is 31.0 Å². The zero-order valence-corrected chi connectivity index (χ0v) is 20.8. The van der Waals surface area contributed by atoms with Crippen LogP contribution in [0.1, 0.15) is 29.9 Å². The van der Waals surface area contributed by atoms with Gasteiger partial charge in [0.05, 0.1) is 35.2 Å². The van der Waals surface area contributed by atoms with Gasteiger partial charge < -0.3 is 24.6 Å². The van der Waals surface area contributed by atoms with E-state index in [4.69, 9.17) is 19.3 Å². The van der Waals surface area contributed by atoms with Crippen LogP contribution in [-0.4, -0.2) is 46.4 Å². The number of anilines is 1. The standard InChI is InChI=1S/C22H24N3O8PS/c1-14(2)32-18-8-15(22(26)25-21-12-23-16(11-24-21)13-34(27,28)29)9-19(10-18)33-17-4-6-20(7-5-17)35(3,30)31/h4-12,14H,13H2,1-3H3,(H,24,25,26)(H2,27,28,29). The number of hydrogen-bond acceptors (Lipinski definition) is 8. The van der Waals surface area contributed by atoms with Crippen LogP contribution < -0.4 is 14.8 Å². The van der Waals surface area contributed by atoms with Gasteiger partial charge >= 0.3 is 7.60 Å². The second-order valence-electron chi connectivity index (χ2n) is 7.88. The summed E-state index contributed by atoms with van der Waals surface area (Å²) in [7, 11) is -7.64. The Balaban J connectivity index is 1.82. The van der Waals surface area contributed by atoms with E-state index in [1.165, 1.54) is 48.8 Å². The van der Waals surface area contributed by atoms with Crippen LogP contribution >= 0.6 is 7.60 Å². The summed E-state index contributed by atoms with van der Waals surface area (Å²) in [5.74, 6) is 0.547. The van der Waals surface area contributed by atoms with Crippen molar-refractivity contribution in [1.82, 2.24) is 9.97 Å². The topological polar surface area (TPSA) is 165 Å². The highest BCUT2D eigenvalue weighted by atomic mass is 32.2. The molecule has 0 fully saturated rings. The molecule has 2 aromatic carbocycles. The number of benzene rings is 2. The molecule has 0 aliphatic carbocycles. The van der Waals surface area contributed by atoms with E-state index >= 15 is 0 Å². The van der Waals surface area contributed by atoms with E-state index in [9.17, 15) is 17.8 Å². The normalized spacial score (nSPS) is 11.8. The molecular formula is C22H24N3O8PS. The van der Waals surface area contributed by atoms with Gasteiger partial charge in [-0.2, -0.15) is 0 Å². The predicted octanol–water partition coefficient (Wildman–Crippen LogP) is 3.39. The molecule has 1 heterocycles. The number of nitrogens with zero attached hydrogens (tertiary/aromatic N) is 2. The molecule has 0 radical (unpaired) electrons. The number of amides is 1. The molecule has 1 amide bonds. The predicted molar refractivity (Wildman–Crippen MR) is 128 cm³/mol. The number of hydrogen-bond donors (Lipinski definition) is 3. The van der Waals surface area contributed by atoms with Crippen LogP contribution in [0, 0.1) is 0 Å². The van der Waals surface area contributed by atoms with Crippen LogP contribution in [0.4, 0.5) is 5.82 Å². The maximum absolute atomic E-state index is 12.8. The van der Waals surface area contributed by atoms with Crippen molar-refractivity contribution in [3.8, 4) is 17.2 Å². The highest BCUT2D eigenvalue weighted by Crippen LogP contribution is 2.38. The van der Waals surface area contributed by atoms with Gasteiger partial charge in [0.25, 0.3) is 5.91 Å². The molecule has 0 bridgehead atoms. The van der Waals surface area contributed by atoms with Gasteiger partial charge in [0.2, 0.25) is 0 Å². The van der Waals surface area contributed by atoms with Gasteiger partial charge in [0.15, 0.2) is 15.7 Å². The van der Waals surface area contributed by atoms with Gasteiger partial charge in [-0.3, -0.25) is 14.3 Å². The first-order valence-corrected chi connectivity index (χ1v) is 13.9. The molecule has 0 spiro atoms. The van der Waals surface area contributed by atoms with E-state index in [-0.39, 0.29) is 33.8 Å². The molecule has 0 aliphatic rings. The fraction of sp³-hybridized carbons (Fsp3) is 0.227. The lowest BCUT2D eigenvalue weighted by Crippen LogP contribution is -2.14. The molecule has 0 aliphatic heterocycles. The average molecular weight is 521 g/mol. The van der Waals surface area contributed by atoms with Crippen LogP contribution in [0.25, 0.3) is 0 Å². The van der Waals surface area contributed by atoms with Gasteiger partial charge in [0.1, 0.15) is 17.2 Å².